The highest BCUT2D eigenvalue weighted by Gasteiger charge is 2.14. The van der Waals surface area contributed by atoms with Gasteiger partial charge in [0.2, 0.25) is 0 Å². The van der Waals surface area contributed by atoms with Gasteiger partial charge in [-0.15, -0.1) is 0 Å². The van der Waals surface area contributed by atoms with Crippen LogP contribution in [0.1, 0.15) is 16.7 Å². The third-order valence-electron chi connectivity index (χ3n) is 3.53. The third-order valence-corrected chi connectivity index (χ3v) is 3.78. The molecular formula is C17H19N3O2S. The van der Waals surface area contributed by atoms with E-state index < -0.39 is 0 Å². The van der Waals surface area contributed by atoms with Crippen molar-refractivity contribution < 1.29 is 4.92 Å². The van der Waals surface area contributed by atoms with Crippen molar-refractivity contribution in [3.63, 3.8) is 0 Å². The van der Waals surface area contributed by atoms with Gasteiger partial charge in [-0.1, -0.05) is 30.3 Å². The molecule has 0 aliphatic heterocycles. The summed E-state index contributed by atoms with van der Waals surface area (Å²) in [6.07, 6.45) is 0.857. The molecule has 2 aromatic rings. The van der Waals surface area contributed by atoms with Gasteiger partial charge in [0.25, 0.3) is 5.69 Å². The van der Waals surface area contributed by atoms with Crippen molar-refractivity contribution in [1.82, 2.24) is 5.32 Å². The number of anilines is 1. The number of benzene rings is 2. The van der Waals surface area contributed by atoms with E-state index in [2.05, 4.69) is 22.8 Å². The first-order chi connectivity index (χ1) is 11.0. The maximum absolute atomic E-state index is 11.0. The highest BCUT2D eigenvalue weighted by molar-refractivity contribution is 7.80. The molecule has 0 saturated heterocycles. The Morgan fingerprint density at radius 3 is 2.52 bits per heavy atom. The first-order valence-electron chi connectivity index (χ1n) is 7.32. The quantitative estimate of drug-likeness (QED) is 0.497. The van der Waals surface area contributed by atoms with Gasteiger partial charge >= 0.3 is 0 Å². The standard InChI is InChI=1S/C17H19N3O2S/c1-12-10-13(2)16(20(21)22)11-15(12)19-17(23)18-9-8-14-6-4-3-5-7-14/h3-7,10-11H,8-9H2,1-2H3,(H2,18,19,23). The second-order valence-corrected chi connectivity index (χ2v) is 5.74. The van der Waals surface area contributed by atoms with Gasteiger partial charge < -0.3 is 10.6 Å². The largest absolute Gasteiger partial charge is 0.362 e. The Bertz CT molecular complexity index is 717. The van der Waals surface area contributed by atoms with Crippen molar-refractivity contribution in [2.24, 2.45) is 0 Å². The summed E-state index contributed by atoms with van der Waals surface area (Å²) in [7, 11) is 0. The van der Waals surface area contributed by atoms with Gasteiger partial charge in [-0.25, -0.2) is 0 Å². The third kappa shape index (κ3) is 4.75. The molecule has 23 heavy (non-hydrogen) atoms. The number of rotatable bonds is 5. The molecule has 0 heterocycles. The van der Waals surface area contributed by atoms with E-state index in [9.17, 15) is 10.1 Å². The Hall–Kier alpha value is -2.47. The van der Waals surface area contributed by atoms with Gasteiger partial charge in [0.05, 0.1) is 10.6 Å². The number of hydrogen-bond acceptors (Lipinski definition) is 3. The molecule has 0 atom stereocenters. The number of nitro benzene ring substituents is 1. The lowest BCUT2D eigenvalue weighted by Crippen LogP contribution is -2.30. The fraction of sp³-hybridized carbons (Fsp3) is 0.235. The van der Waals surface area contributed by atoms with E-state index in [0.29, 0.717) is 22.9 Å². The van der Waals surface area contributed by atoms with Crippen LogP contribution >= 0.6 is 12.2 Å². The highest BCUT2D eigenvalue weighted by Crippen LogP contribution is 2.26. The van der Waals surface area contributed by atoms with Crippen LogP contribution in [0.5, 0.6) is 0 Å². The normalized spacial score (nSPS) is 10.2. The van der Waals surface area contributed by atoms with Crippen molar-refractivity contribution in [2.75, 3.05) is 11.9 Å². The maximum atomic E-state index is 11.0. The summed E-state index contributed by atoms with van der Waals surface area (Å²) >= 11 is 5.26. The molecule has 120 valence electrons. The molecule has 0 amide bonds. The van der Waals surface area contributed by atoms with Crippen molar-refractivity contribution in [3.8, 4) is 0 Å². The average molecular weight is 329 g/mol. The molecule has 0 unspecified atom stereocenters. The molecule has 0 bridgehead atoms. The smallest absolute Gasteiger partial charge is 0.274 e. The van der Waals surface area contributed by atoms with Crippen LogP contribution in [0.4, 0.5) is 11.4 Å². The van der Waals surface area contributed by atoms with Gasteiger partial charge in [0.15, 0.2) is 5.11 Å². The zero-order valence-electron chi connectivity index (χ0n) is 13.1. The number of aryl methyl sites for hydroxylation is 2. The van der Waals surface area contributed by atoms with Crippen molar-refractivity contribution in [2.45, 2.75) is 20.3 Å². The summed E-state index contributed by atoms with van der Waals surface area (Å²) in [5, 5.41) is 17.6. The minimum absolute atomic E-state index is 0.0881. The average Bonchev–Trinajstić information content (AvgIpc) is 2.50. The van der Waals surface area contributed by atoms with E-state index in [-0.39, 0.29) is 10.6 Å². The summed E-state index contributed by atoms with van der Waals surface area (Å²) in [5.41, 5.74) is 3.52. The molecule has 0 aromatic heterocycles. The number of nitrogens with zero attached hydrogens (tertiary/aromatic N) is 1. The summed E-state index contributed by atoms with van der Waals surface area (Å²) < 4.78 is 0. The first-order valence-corrected chi connectivity index (χ1v) is 7.72. The van der Waals surface area contributed by atoms with E-state index in [1.165, 1.54) is 11.6 Å². The molecule has 6 heteroatoms. The van der Waals surface area contributed by atoms with Crippen molar-refractivity contribution in [1.29, 1.82) is 0 Å². The summed E-state index contributed by atoms with van der Waals surface area (Å²) in [4.78, 5) is 10.6. The van der Waals surface area contributed by atoms with Crippen molar-refractivity contribution >= 4 is 28.7 Å². The van der Waals surface area contributed by atoms with Crippen LogP contribution in [0.3, 0.4) is 0 Å². The van der Waals surface area contributed by atoms with E-state index in [0.717, 1.165) is 12.0 Å². The molecule has 0 saturated carbocycles. The van der Waals surface area contributed by atoms with Gasteiger partial charge in [-0.05, 0) is 49.7 Å². The molecule has 5 nitrogen and oxygen atoms in total. The second kappa shape index (κ2) is 7.69. The molecule has 0 aliphatic carbocycles. The lowest BCUT2D eigenvalue weighted by atomic mass is 10.1. The summed E-state index contributed by atoms with van der Waals surface area (Å²) in [6, 6.07) is 13.4. The molecule has 2 N–H and O–H groups in total. The Labute approximate surface area is 140 Å². The second-order valence-electron chi connectivity index (χ2n) is 5.33. The molecule has 0 radical (unpaired) electrons. The predicted molar refractivity (Wildman–Crippen MR) is 96.9 cm³/mol. The van der Waals surface area contributed by atoms with Crippen LogP contribution in [0.15, 0.2) is 42.5 Å². The SMILES string of the molecule is Cc1cc(C)c([N+](=O)[O-])cc1NC(=S)NCCc1ccccc1. The summed E-state index contributed by atoms with van der Waals surface area (Å²) in [6.45, 7) is 4.32. The molecule has 0 fully saturated rings. The Morgan fingerprint density at radius 1 is 1.17 bits per heavy atom. The van der Waals surface area contributed by atoms with E-state index in [4.69, 9.17) is 12.2 Å². The lowest BCUT2D eigenvalue weighted by molar-refractivity contribution is -0.385. The topological polar surface area (TPSA) is 67.2 Å². The van der Waals surface area contributed by atoms with Crippen LogP contribution in [0, 0.1) is 24.0 Å². The van der Waals surface area contributed by atoms with Crippen LogP contribution in [-0.4, -0.2) is 16.6 Å². The first kappa shape index (κ1) is 16.9. The van der Waals surface area contributed by atoms with Crippen LogP contribution in [0.2, 0.25) is 0 Å². The minimum atomic E-state index is -0.383. The minimum Gasteiger partial charge on any atom is -0.362 e. The fourth-order valence-corrected chi connectivity index (χ4v) is 2.52. The molecular weight excluding hydrogens is 310 g/mol. The zero-order valence-corrected chi connectivity index (χ0v) is 13.9. The van der Waals surface area contributed by atoms with E-state index in [1.807, 2.05) is 25.1 Å². The monoisotopic (exact) mass is 329 g/mol. The zero-order chi connectivity index (χ0) is 16.8. The number of nitro groups is 1. The van der Waals surface area contributed by atoms with Crippen LogP contribution < -0.4 is 10.6 Å². The van der Waals surface area contributed by atoms with Gasteiger partial charge in [-0.2, -0.15) is 0 Å². The highest BCUT2D eigenvalue weighted by atomic mass is 32.1. The predicted octanol–water partition coefficient (Wildman–Crippen LogP) is 3.74. The molecule has 2 rings (SSSR count). The van der Waals surface area contributed by atoms with Gasteiger partial charge in [0.1, 0.15) is 0 Å². The number of thiocarbonyl (C=S) groups is 1. The molecule has 0 spiro atoms. The van der Waals surface area contributed by atoms with Crippen LogP contribution in [0.25, 0.3) is 0 Å². The van der Waals surface area contributed by atoms with Gasteiger partial charge in [0, 0.05) is 18.2 Å². The fourth-order valence-electron chi connectivity index (χ4n) is 2.30. The van der Waals surface area contributed by atoms with Crippen molar-refractivity contribution in [3.05, 3.63) is 69.3 Å². The lowest BCUT2D eigenvalue weighted by Gasteiger charge is -2.13. The Balaban J connectivity index is 1.95. The Kier molecular flexibility index (Phi) is 5.65. The Morgan fingerprint density at radius 2 is 1.87 bits per heavy atom. The van der Waals surface area contributed by atoms with E-state index >= 15 is 0 Å². The van der Waals surface area contributed by atoms with E-state index in [1.54, 1.807) is 13.0 Å². The number of hydrogen-bond donors (Lipinski definition) is 2. The number of nitrogens with one attached hydrogen (secondary N) is 2. The van der Waals surface area contributed by atoms with Gasteiger partial charge in [-0.3, -0.25) is 10.1 Å². The van der Waals surface area contributed by atoms with Crippen LogP contribution in [-0.2, 0) is 6.42 Å². The molecule has 2 aromatic carbocycles. The summed E-state index contributed by atoms with van der Waals surface area (Å²) in [5.74, 6) is 0. The maximum Gasteiger partial charge on any atom is 0.274 e. The molecule has 0 aliphatic rings.